The van der Waals surface area contributed by atoms with E-state index in [0.717, 1.165) is 0 Å². The molecule has 2 saturated heterocycles. The van der Waals surface area contributed by atoms with Gasteiger partial charge in [-0.1, -0.05) is 0 Å². The van der Waals surface area contributed by atoms with E-state index in [1.165, 1.54) is 12.7 Å². The third-order valence-electron chi connectivity index (χ3n) is 4.09. The van der Waals surface area contributed by atoms with Crippen molar-refractivity contribution in [1.82, 2.24) is 19.5 Å². The summed E-state index contributed by atoms with van der Waals surface area (Å²) in [6, 6.07) is 0. The molecular weight excluding hydrogens is 307 g/mol. The molecular formula is C13H17FN6O3. The maximum absolute atomic E-state index is 15.0. The predicted molar refractivity (Wildman–Crippen MR) is 76.6 cm³/mol. The highest BCUT2D eigenvalue weighted by molar-refractivity contribution is 5.81. The number of nitrogens with two attached hydrogens (primary N) is 2. The molecule has 0 bridgehead atoms. The predicted octanol–water partition coefficient (Wildman–Crippen LogP) is 0.0819. The number of ether oxygens (including phenoxy) is 3. The fraction of sp³-hybridized carbons (Fsp3) is 0.615. The van der Waals surface area contributed by atoms with E-state index in [9.17, 15) is 0 Å². The number of alkyl halides is 1. The van der Waals surface area contributed by atoms with Crippen molar-refractivity contribution in [1.29, 1.82) is 0 Å². The first kappa shape index (κ1) is 14.7. The Balaban J connectivity index is 1.80. The van der Waals surface area contributed by atoms with Crippen molar-refractivity contribution >= 4 is 17.0 Å². The normalized spacial score (nSPS) is 35.7. The average Bonchev–Trinajstić information content (AvgIpc) is 3.12. The number of hydrogen-bond donors (Lipinski definition) is 2. The molecule has 124 valence electrons. The monoisotopic (exact) mass is 324 g/mol. The lowest BCUT2D eigenvalue weighted by Crippen LogP contribution is -2.45. The Bertz CT molecular complexity index is 767. The van der Waals surface area contributed by atoms with Gasteiger partial charge in [-0.15, -0.1) is 0 Å². The van der Waals surface area contributed by atoms with Crippen molar-refractivity contribution in [3.05, 3.63) is 12.7 Å². The molecule has 2 aliphatic rings. The van der Waals surface area contributed by atoms with Gasteiger partial charge in [0.25, 0.3) is 5.85 Å². The zero-order chi connectivity index (χ0) is 16.4. The summed E-state index contributed by atoms with van der Waals surface area (Å²) >= 11 is 0. The Morgan fingerprint density at radius 1 is 1.26 bits per heavy atom. The number of halogens is 1. The van der Waals surface area contributed by atoms with E-state index < -0.39 is 30.1 Å². The van der Waals surface area contributed by atoms with Crippen molar-refractivity contribution in [3.8, 4) is 0 Å². The molecule has 4 N–H and O–H groups in total. The van der Waals surface area contributed by atoms with Gasteiger partial charge in [-0.05, 0) is 13.8 Å². The van der Waals surface area contributed by atoms with Crippen molar-refractivity contribution < 1.29 is 18.6 Å². The van der Waals surface area contributed by atoms with Crippen LogP contribution < -0.4 is 11.5 Å². The largest absolute Gasteiger partial charge is 0.382 e. The van der Waals surface area contributed by atoms with Crippen molar-refractivity contribution in [2.24, 2.45) is 5.73 Å². The highest BCUT2D eigenvalue weighted by Gasteiger charge is 2.64. The molecule has 4 heterocycles. The first-order valence-corrected chi connectivity index (χ1v) is 7.20. The zero-order valence-electron chi connectivity index (χ0n) is 12.6. The molecule has 0 amide bonds. The molecule has 4 atom stereocenters. The first-order valence-electron chi connectivity index (χ1n) is 7.20. The highest BCUT2D eigenvalue weighted by atomic mass is 19.2. The summed E-state index contributed by atoms with van der Waals surface area (Å²) in [5.41, 5.74) is 12.2. The fourth-order valence-corrected chi connectivity index (χ4v) is 3.10. The van der Waals surface area contributed by atoms with Crippen LogP contribution in [0.1, 0.15) is 20.1 Å². The van der Waals surface area contributed by atoms with Gasteiger partial charge in [0, 0.05) is 0 Å². The molecule has 0 radical (unpaired) electrons. The minimum Gasteiger partial charge on any atom is -0.382 e. The Morgan fingerprint density at radius 3 is 2.78 bits per heavy atom. The maximum atomic E-state index is 15.0. The molecule has 2 fully saturated rings. The van der Waals surface area contributed by atoms with Crippen LogP contribution >= 0.6 is 0 Å². The Kier molecular flexibility index (Phi) is 2.92. The number of hydrogen-bond acceptors (Lipinski definition) is 8. The third kappa shape index (κ3) is 2.02. The number of rotatable bonds is 2. The molecule has 2 aromatic rings. The Morgan fingerprint density at radius 2 is 2.04 bits per heavy atom. The molecule has 10 heteroatoms. The van der Waals surface area contributed by atoms with Gasteiger partial charge in [0.1, 0.15) is 17.9 Å². The van der Waals surface area contributed by atoms with Crippen LogP contribution in [0.2, 0.25) is 0 Å². The summed E-state index contributed by atoms with van der Waals surface area (Å²) in [5, 5.41) is 0. The van der Waals surface area contributed by atoms with Crippen LogP contribution in [-0.2, 0) is 14.2 Å². The number of anilines is 1. The van der Waals surface area contributed by atoms with Crippen molar-refractivity contribution in [2.45, 2.75) is 43.9 Å². The Labute approximate surface area is 130 Å². The topological polar surface area (TPSA) is 123 Å². The average molecular weight is 324 g/mol. The zero-order valence-corrected chi connectivity index (χ0v) is 12.6. The van der Waals surface area contributed by atoms with Crippen LogP contribution in [0.25, 0.3) is 11.2 Å². The third-order valence-corrected chi connectivity index (χ3v) is 4.09. The number of imidazole rings is 1. The van der Waals surface area contributed by atoms with E-state index >= 15 is 4.39 Å². The molecule has 0 aliphatic carbocycles. The first-order chi connectivity index (χ1) is 10.8. The number of fused-ring (bicyclic) bond motifs is 2. The summed E-state index contributed by atoms with van der Waals surface area (Å²) in [6.07, 6.45) is 0.323. The number of nitrogen functional groups attached to an aromatic ring is 1. The minimum absolute atomic E-state index is 0.234. The fourth-order valence-electron chi connectivity index (χ4n) is 3.10. The lowest BCUT2D eigenvalue weighted by atomic mass is 10.1. The molecule has 9 nitrogen and oxygen atoms in total. The maximum Gasteiger partial charge on any atom is 0.252 e. The van der Waals surface area contributed by atoms with Crippen LogP contribution in [0.5, 0.6) is 0 Å². The molecule has 2 aromatic heterocycles. The van der Waals surface area contributed by atoms with Gasteiger partial charge >= 0.3 is 0 Å². The SMILES string of the molecule is CC1(C)O[C@H]2[C@H](n3cnc4c(N)ncnc43)O[C@@](F)(CN)[C@H]2O1. The van der Waals surface area contributed by atoms with Crippen molar-refractivity contribution in [3.63, 3.8) is 0 Å². The van der Waals surface area contributed by atoms with Crippen molar-refractivity contribution in [2.75, 3.05) is 12.3 Å². The van der Waals surface area contributed by atoms with E-state index in [4.69, 9.17) is 25.7 Å². The highest BCUT2D eigenvalue weighted by Crippen LogP contribution is 2.48. The van der Waals surface area contributed by atoms with E-state index in [1.54, 1.807) is 18.4 Å². The summed E-state index contributed by atoms with van der Waals surface area (Å²) in [7, 11) is 0. The van der Waals surface area contributed by atoms with Gasteiger partial charge in [-0.2, -0.15) is 0 Å². The van der Waals surface area contributed by atoms with Gasteiger partial charge in [0.15, 0.2) is 29.6 Å². The summed E-state index contributed by atoms with van der Waals surface area (Å²) in [4.78, 5) is 12.2. The van der Waals surface area contributed by atoms with E-state index in [0.29, 0.717) is 11.2 Å². The second-order valence-corrected chi connectivity index (χ2v) is 6.10. The van der Waals surface area contributed by atoms with Gasteiger partial charge in [0.05, 0.1) is 12.9 Å². The summed E-state index contributed by atoms with van der Waals surface area (Å²) in [5.74, 6) is -2.86. The van der Waals surface area contributed by atoms with Crippen LogP contribution in [0, 0.1) is 0 Å². The van der Waals surface area contributed by atoms with Gasteiger partial charge < -0.3 is 25.7 Å². The van der Waals surface area contributed by atoms with E-state index in [-0.39, 0.29) is 12.4 Å². The molecule has 0 saturated carbocycles. The van der Waals surface area contributed by atoms with Crippen LogP contribution in [0.4, 0.5) is 10.2 Å². The van der Waals surface area contributed by atoms with Gasteiger partial charge in [0.2, 0.25) is 0 Å². The van der Waals surface area contributed by atoms with E-state index in [1.807, 2.05) is 0 Å². The molecule has 23 heavy (non-hydrogen) atoms. The molecule has 4 rings (SSSR count). The molecule has 0 spiro atoms. The lowest BCUT2D eigenvalue weighted by molar-refractivity contribution is -0.251. The number of aromatic nitrogens is 4. The molecule has 0 aromatic carbocycles. The number of nitrogens with zero attached hydrogens (tertiary/aromatic N) is 4. The van der Waals surface area contributed by atoms with Gasteiger partial charge in [-0.3, -0.25) is 4.57 Å². The quantitative estimate of drug-likeness (QED) is 0.796. The minimum atomic E-state index is -2.15. The standard InChI is InChI=1S/C13H17FN6O3/c1-12(2)21-7-8(22-12)13(14,3-15)23-11(7)20-5-19-6-9(16)17-4-18-10(6)20/h4-5,7-8,11H,3,15H2,1-2H3,(H2,16,17,18)/t7-,8+,11-,13+/m1/s1. The molecule has 2 aliphatic heterocycles. The van der Waals surface area contributed by atoms with Crippen LogP contribution in [0.15, 0.2) is 12.7 Å². The van der Waals surface area contributed by atoms with Crippen LogP contribution in [-0.4, -0.2) is 49.9 Å². The second-order valence-electron chi connectivity index (χ2n) is 6.10. The van der Waals surface area contributed by atoms with Crippen LogP contribution in [0.3, 0.4) is 0 Å². The van der Waals surface area contributed by atoms with Gasteiger partial charge in [-0.25, -0.2) is 19.3 Å². The second kappa shape index (κ2) is 4.57. The Hall–Kier alpha value is -1.88. The molecule has 0 unspecified atom stereocenters. The lowest BCUT2D eigenvalue weighted by Gasteiger charge is -2.27. The summed E-state index contributed by atoms with van der Waals surface area (Å²) < 4.78 is 33.6. The van der Waals surface area contributed by atoms with E-state index in [2.05, 4.69) is 15.0 Å². The smallest absolute Gasteiger partial charge is 0.252 e. The summed E-state index contributed by atoms with van der Waals surface area (Å²) in [6.45, 7) is 3.07.